The molecule has 0 spiro atoms. The molecule has 0 radical (unpaired) electrons. The second-order valence-corrected chi connectivity index (χ2v) is 11.8. The van der Waals surface area contributed by atoms with Crippen LogP contribution < -0.4 is 0 Å². The summed E-state index contributed by atoms with van der Waals surface area (Å²) in [6.07, 6.45) is 13.4. The quantitative estimate of drug-likeness (QED) is 0.534. The Labute approximate surface area is 178 Å². The van der Waals surface area contributed by atoms with Crippen LogP contribution in [0.15, 0.2) is 22.8 Å². The molecule has 0 heterocycles. The molecule has 4 aliphatic rings. The van der Waals surface area contributed by atoms with Crippen LogP contribution in [0.25, 0.3) is 0 Å². The van der Waals surface area contributed by atoms with Gasteiger partial charge < -0.3 is 10.2 Å². The summed E-state index contributed by atoms with van der Waals surface area (Å²) in [6.45, 7) is 11.9. The van der Waals surface area contributed by atoms with Crippen LogP contribution in [0.4, 0.5) is 0 Å². The first-order chi connectivity index (χ1) is 13.7. The topological polar surface area (TPSA) is 40.5 Å². The Balaban J connectivity index is 1.60. The molecule has 4 rings (SSSR count). The van der Waals surface area contributed by atoms with Crippen molar-refractivity contribution in [1.82, 2.24) is 0 Å². The van der Waals surface area contributed by atoms with Crippen LogP contribution in [0.5, 0.6) is 0 Å². The van der Waals surface area contributed by atoms with Crippen molar-refractivity contribution in [3.05, 3.63) is 22.8 Å². The van der Waals surface area contributed by atoms with Gasteiger partial charge in [-0.2, -0.15) is 0 Å². The lowest BCUT2D eigenvalue weighted by Gasteiger charge is -2.58. The first kappa shape index (κ1) is 21.6. The van der Waals surface area contributed by atoms with Crippen LogP contribution in [0.3, 0.4) is 0 Å². The number of hydrogen-bond donors (Lipinski definition) is 2. The lowest BCUT2D eigenvalue weighted by molar-refractivity contribution is -0.0962. The van der Waals surface area contributed by atoms with Crippen LogP contribution >= 0.6 is 0 Å². The Kier molecular flexibility index (Phi) is 5.84. The summed E-state index contributed by atoms with van der Waals surface area (Å²) in [4.78, 5) is 0. The van der Waals surface area contributed by atoms with Gasteiger partial charge in [-0.3, -0.25) is 0 Å². The van der Waals surface area contributed by atoms with Gasteiger partial charge in [-0.05, 0) is 113 Å². The minimum absolute atomic E-state index is 0.188. The molecule has 0 aromatic heterocycles. The zero-order chi connectivity index (χ0) is 21.0. The third kappa shape index (κ3) is 3.57. The summed E-state index contributed by atoms with van der Waals surface area (Å²) < 4.78 is 0. The molecule has 2 N–H and O–H groups in total. The highest BCUT2D eigenvalue weighted by Crippen LogP contribution is 2.65. The van der Waals surface area contributed by atoms with Gasteiger partial charge in [0, 0.05) is 0 Å². The number of aliphatic hydroxyl groups excluding tert-OH is 2. The first-order valence-corrected chi connectivity index (χ1v) is 12.4. The van der Waals surface area contributed by atoms with Gasteiger partial charge >= 0.3 is 0 Å². The molecule has 3 fully saturated rings. The highest BCUT2D eigenvalue weighted by atomic mass is 16.3. The predicted molar refractivity (Wildman–Crippen MR) is 120 cm³/mol. The molecule has 0 aromatic rings. The molecular formula is C27H44O2. The summed E-state index contributed by atoms with van der Waals surface area (Å²) in [5.74, 6) is 2.50. The molecule has 0 amide bonds. The van der Waals surface area contributed by atoms with Crippen molar-refractivity contribution in [2.75, 3.05) is 0 Å². The van der Waals surface area contributed by atoms with Gasteiger partial charge in [0.2, 0.25) is 0 Å². The third-order valence-electron chi connectivity index (χ3n) is 9.91. The molecule has 4 aliphatic carbocycles. The van der Waals surface area contributed by atoms with Crippen LogP contribution in [0.2, 0.25) is 0 Å². The number of allylic oxidation sites excluding steroid dienone is 3. The van der Waals surface area contributed by atoms with Gasteiger partial charge in [0.15, 0.2) is 0 Å². The smallest absolute Gasteiger partial charge is 0.0612 e. The van der Waals surface area contributed by atoms with Gasteiger partial charge in [-0.15, -0.1) is 0 Å². The van der Waals surface area contributed by atoms with Crippen molar-refractivity contribution in [1.29, 1.82) is 0 Å². The predicted octanol–water partition coefficient (Wildman–Crippen LogP) is 6.42. The Morgan fingerprint density at radius 2 is 1.90 bits per heavy atom. The fraction of sp³-hybridized carbons (Fsp3) is 0.852. The van der Waals surface area contributed by atoms with E-state index in [1.807, 2.05) is 0 Å². The zero-order valence-corrected chi connectivity index (χ0v) is 19.5. The van der Waals surface area contributed by atoms with Crippen LogP contribution in [-0.2, 0) is 0 Å². The average Bonchev–Trinajstić information content (AvgIpc) is 3.00. The minimum atomic E-state index is -0.259. The van der Waals surface area contributed by atoms with E-state index in [1.54, 1.807) is 11.1 Å². The second kappa shape index (κ2) is 7.83. The molecule has 29 heavy (non-hydrogen) atoms. The van der Waals surface area contributed by atoms with Crippen LogP contribution in [0, 0.1) is 34.5 Å². The summed E-state index contributed by atoms with van der Waals surface area (Å²) in [7, 11) is 0. The molecule has 0 unspecified atom stereocenters. The Bertz CT molecular complexity index is 687. The minimum Gasteiger partial charge on any atom is -0.393 e. The zero-order valence-electron chi connectivity index (χ0n) is 19.5. The monoisotopic (exact) mass is 400 g/mol. The molecule has 2 heteroatoms. The molecule has 2 nitrogen and oxygen atoms in total. The Morgan fingerprint density at radius 3 is 2.62 bits per heavy atom. The molecule has 3 saturated carbocycles. The van der Waals surface area contributed by atoms with E-state index in [0.717, 1.165) is 37.5 Å². The average molecular weight is 401 g/mol. The highest BCUT2D eigenvalue weighted by Gasteiger charge is 2.57. The maximum Gasteiger partial charge on any atom is 0.0612 e. The van der Waals surface area contributed by atoms with E-state index in [1.165, 1.54) is 44.1 Å². The summed E-state index contributed by atoms with van der Waals surface area (Å²) in [6, 6.07) is 0. The summed E-state index contributed by atoms with van der Waals surface area (Å²) in [5.41, 5.74) is 5.38. The van der Waals surface area contributed by atoms with Crippen molar-refractivity contribution in [2.45, 2.75) is 111 Å². The van der Waals surface area contributed by atoms with Gasteiger partial charge in [0.25, 0.3) is 0 Å². The lowest BCUT2D eigenvalue weighted by atomic mass is 9.48. The standard InChI is InChI=1S/C27H44O2/c1-17(2)7-6-8-18(3)21-9-10-22-20-16-25(29)24-15-19(28)11-13-27(24,5)23(20)12-14-26(21,22)4/h7,18-19,21,23-25,28-29H,6,8-16H2,1-5H3/t18-,19+,21-,23+,24-,25+,26-,27-/m1/s1. The lowest BCUT2D eigenvalue weighted by Crippen LogP contribution is -2.53. The maximum absolute atomic E-state index is 11.1. The number of fused-ring (bicyclic) bond motifs is 4. The molecular weight excluding hydrogens is 356 g/mol. The van der Waals surface area contributed by atoms with Gasteiger partial charge in [-0.25, -0.2) is 0 Å². The van der Waals surface area contributed by atoms with E-state index < -0.39 is 0 Å². The third-order valence-corrected chi connectivity index (χ3v) is 9.91. The van der Waals surface area contributed by atoms with E-state index in [9.17, 15) is 10.2 Å². The van der Waals surface area contributed by atoms with Gasteiger partial charge in [0.1, 0.15) is 0 Å². The summed E-state index contributed by atoms with van der Waals surface area (Å²) >= 11 is 0. The fourth-order valence-corrected chi connectivity index (χ4v) is 8.30. The molecule has 0 saturated heterocycles. The van der Waals surface area contributed by atoms with E-state index in [0.29, 0.717) is 11.3 Å². The Hall–Kier alpha value is -0.600. The number of hydrogen-bond acceptors (Lipinski definition) is 2. The largest absolute Gasteiger partial charge is 0.393 e. The first-order valence-electron chi connectivity index (χ1n) is 12.4. The molecule has 0 aromatic carbocycles. The van der Waals surface area contributed by atoms with E-state index in [2.05, 4.69) is 40.7 Å². The summed E-state index contributed by atoms with van der Waals surface area (Å²) in [5, 5.41) is 21.4. The van der Waals surface area contributed by atoms with Crippen molar-refractivity contribution < 1.29 is 10.2 Å². The number of aliphatic hydroxyl groups is 2. The SMILES string of the molecule is CC(C)=CCC[C@@H](C)[C@H]1CCC2=C3C[C@H](O)[C@H]4C[C@@H](O)CC[C@]4(C)[C@H]3CC[C@@]21C. The molecule has 8 atom stereocenters. The van der Waals surface area contributed by atoms with E-state index in [4.69, 9.17) is 0 Å². The van der Waals surface area contributed by atoms with Crippen molar-refractivity contribution in [3.8, 4) is 0 Å². The van der Waals surface area contributed by atoms with Crippen molar-refractivity contribution in [3.63, 3.8) is 0 Å². The van der Waals surface area contributed by atoms with Crippen molar-refractivity contribution in [2.24, 2.45) is 34.5 Å². The molecule has 0 bridgehead atoms. The molecule has 0 aliphatic heterocycles. The highest BCUT2D eigenvalue weighted by molar-refractivity contribution is 5.35. The van der Waals surface area contributed by atoms with Gasteiger partial charge in [0.05, 0.1) is 12.2 Å². The normalized spacial score (nSPS) is 45.3. The fourth-order valence-electron chi connectivity index (χ4n) is 8.30. The van der Waals surface area contributed by atoms with Crippen molar-refractivity contribution >= 4 is 0 Å². The maximum atomic E-state index is 11.1. The molecule has 164 valence electrons. The number of rotatable bonds is 4. The Morgan fingerprint density at radius 1 is 1.14 bits per heavy atom. The van der Waals surface area contributed by atoms with E-state index in [-0.39, 0.29) is 23.5 Å². The van der Waals surface area contributed by atoms with Gasteiger partial charge in [-0.1, -0.05) is 43.6 Å². The second-order valence-electron chi connectivity index (χ2n) is 11.8. The van der Waals surface area contributed by atoms with Crippen LogP contribution in [-0.4, -0.2) is 22.4 Å². The van der Waals surface area contributed by atoms with Crippen LogP contribution in [0.1, 0.15) is 98.8 Å². The van der Waals surface area contributed by atoms with E-state index >= 15 is 0 Å².